The van der Waals surface area contributed by atoms with Crippen LogP contribution in [0.3, 0.4) is 0 Å². The number of nitrogens with one attached hydrogen (secondary N) is 1. The number of hydrazone groups is 1. The Morgan fingerprint density at radius 1 is 0.826 bits per heavy atom. The fraction of sp³-hybridized carbons (Fsp3) is 0.278. The zero-order valence-electron chi connectivity index (χ0n) is 13.3. The molecule has 0 fully saturated rings. The molecule has 2 aromatic carbocycles. The Morgan fingerprint density at radius 3 is 1.83 bits per heavy atom. The first-order valence-electron chi connectivity index (χ1n) is 7.23. The van der Waals surface area contributed by atoms with Gasteiger partial charge in [0, 0.05) is 0 Å². The number of rotatable bonds is 3. The van der Waals surface area contributed by atoms with Gasteiger partial charge in [-0.2, -0.15) is 18.3 Å². The fourth-order valence-corrected chi connectivity index (χ4v) is 1.98. The molecule has 2 nitrogen and oxygen atoms in total. The zero-order valence-corrected chi connectivity index (χ0v) is 13.3. The predicted molar refractivity (Wildman–Crippen MR) is 87.8 cm³/mol. The van der Waals surface area contributed by atoms with E-state index in [1.165, 1.54) is 17.7 Å². The van der Waals surface area contributed by atoms with Crippen LogP contribution >= 0.6 is 0 Å². The predicted octanol–water partition coefficient (Wildman–Crippen LogP) is 5.45. The van der Waals surface area contributed by atoms with E-state index in [-0.39, 0.29) is 5.41 Å². The number of anilines is 1. The van der Waals surface area contributed by atoms with Crippen molar-refractivity contribution in [2.24, 2.45) is 5.10 Å². The van der Waals surface area contributed by atoms with E-state index in [9.17, 15) is 13.2 Å². The summed E-state index contributed by atoms with van der Waals surface area (Å²) >= 11 is 0. The molecule has 0 amide bonds. The third kappa shape index (κ3) is 4.84. The number of alkyl halides is 3. The normalized spacial score (nSPS) is 12.6. The molecule has 5 heteroatoms. The number of benzene rings is 2. The van der Waals surface area contributed by atoms with E-state index in [4.69, 9.17) is 0 Å². The van der Waals surface area contributed by atoms with Crippen molar-refractivity contribution in [3.8, 4) is 0 Å². The maximum absolute atomic E-state index is 12.5. The molecule has 0 aliphatic heterocycles. The molecule has 122 valence electrons. The minimum atomic E-state index is -4.32. The third-order valence-corrected chi connectivity index (χ3v) is 3.40. The van der Waals surface area contributed by atoms with Crippen molar-refractivity contribution in [1.82, 2.24) is 0 Å². The van der Waals surface area contributed by atoms with E-state index < -0.39 is 11.7 Å². The Kier molecular flexibility index (Phi) is 4.78. The topological polar surface area (TPSA) is 24.4 Å². The molecule has 0 unspecified atom stereocenters. The Hall–Kier alpha value is -2.30. The number of hydrogen-bond donors (Lipinski definition) is 1. The van der Waals surface area contributed by atoms with Gasteiger partial charge in [-0.05, 0) is 40.8 Å². The molecule has 0 spiro atoms. The average molecular weight is 320 g/mol. The van der Waals surface area contributed by atoms with Crippen LogP contribution in [-0.2, 0) is 11.6 Å². The lowest BCUT2D eigenvalue weighted by Crippen LogP contribution is -2.10. The van der Waals surface area contributed by atoms with E-state index in [0.717, 1.165) is 17.7 Å². The molecule has 2 rings (SSSR count). The average Bonchev–Trinajstić information content (AvgIpc) is 2.46. The minimum absolute atomic E-state index is 0.0914. The van der Waals surface area contributed by atoms with Gasteiger partial charge in [-0.15, -0.1) is 0 Å². The second kappa shape index (κ2) is 6.44. The van der Waals surface area contributed by atoms with Gasteiger partial charge in [0.25, 0.3) is 0 Å². The second-order valence-corrected chi connectivity index (χ2v) is 6.32. The molecular formula is C18H19F3N2. The summed E-state index contributed by atoms with van der Waals surface area (Å²) in [4.78, 5) is 0. The van der Waals surface area contributed by atoms with Gasteiger partial charge >= 0.3 is 6.18 Å². The molecule has 0 aliphatic carbocycles. The standard InChI is InChI=1S/C18H19F3N2/c1-17(2,3)14-6-4-13(5-7-14)12-22-23-16-10-8-15(9-11-16)18(19,20)21/h4-12,23H,1-3H3/b22-12+. The summed E-state index contributed by atoms with van der Waals surface area (Å²) in [6, 6.07) is 12.7. The van der Waals surface area contributed by atoms with Crippen molar-refractivity contribution in [2.75, 3.05) is 5.43 Å². The van der Waals surface area contributed by atoms with E-state index in [0.29, 0.717) is 5.69 Å². The fourth-order valence-electron chi connectivity index (χ4n) is 1.98. The van der Waals surface area contributed by atoms with Gasteiger partial charge in [-0.1, -0.05) is 45.0 Å². The maximum atomic E-state index is 12.5. The maximum Gasteiger partial charge on any atom is 0.416 e. The van der Waals surface area contributed by atoms with Crippen molar-refractivity contribution in [3.63, 3.8) is 0 Å². The van der Waals surface area contributed by atoms with Gasteiger partial charge in [-0.3, -0.25) is 5.43 Å². The van der Waals surface area contributed by atoms with E-state index in [1.54, 1.807) is 6.21 Å². The number of halogens is 3. The van der Waals surface area contributed by atoms with Gasteiger partial charge in [-0.25, -0.2) is 0 Å². The summed E-state index contributed by atoms with van der Waals surface area (Å²) in [5, 5.41) is 4.04. The summed E-state index contributed by atoms with van der Waals surface area (Å²) in [5.74, 6) is 0. The molecule has 0 atom stereocenters. The first kappa shape index (κ1) is 17.1. The van der Waals surface area contributed by atoms with Crippen LogP contribution in [-0.4, -0.2) is 6.21 Å². The first-order valence-corrected chi connectivity index (χ1v) is 7.23. The highest BCUT2D eigenvalue weighted by Gasteiger charge is 2.29. The van der Waals surface area contributed by atoms with Crippen molar-refractivity contribution in [3.05, 3.63) is 65.2 Å². The summed E-state index contributed by atoms with van der Waals surface area (Å²) in [7, 11) is 0. The smallest absolute Gasteiger partial charge is 0.279 e. The minimum Gasteiger partial charge on any atom is -0.279 e. The molecule has 0 saturated heterocycles. The Morgan fingerprint density at radius 2 is 1.35 bits per heavy atom. The first-order chi connectivity index (χ1) is 10.7. The van der Waals surface area contributed by atoms with Crippen LogP contribution in [0.4, 0.5) is 18.9 Å². The van der Waals surface area contributed by atoms with E-state index in [1.807, 2.05) is 24.3 Å². The van der Waals surface area contributed by atoms with Gasteiger partial charge in [0.2, 0.25) is 0 Å². The molecule has 0 heterocycles. The van der Waals surface area contributed by atoms with Crippen LogP contribution in [0.1, 0.15) is 37.5 Å². The van der Waals surface area contributed by atoms with Crippen LogP contribution in [0.25, 0.3) is 0 Å². The molecule has 1 N–H and O–H groups in total. The lowest BCUT2D eigenvalue weighted by molar-refractivity contribution is -0.137. The van der Waals surface area contributed by atoms with Gasteiger partial charge < -0.3 is 0 Å². The van der Waals surface area contributed by atoms with Crippen molar-refractivity contribution in [2.45, 2.75) is 32.4 Å². The summed E-state index contributed by atoms with van der Waals surface area (Å²) in [6.45, 7) is 6.42. The SMILES string of the molecule is CC(C)(C)c1ccc(/C=N/Nc2ccc(C(F)(F)F)cc2)cc1. The highest BCUT2D eigenvalue weighted by atomic mass is 19.4. The van der Waals surface area contributed by atoms with Gasteiger partial charge in [0.1, 0.15) is 0 Å². The third-order valence-electron chi connectivity index (χ3n) is 3.40. The largest absolute Gasteiger partial charge is 0.416 e. The Bertz CT molecular complexity index is 663. The second-order valence-electron chi connectivity index (χ2n) is 6.32. The molecule has 0 saturated carbocycles. The quantitative estimate of drug-likeness (QED) is 0.590. The molecular weight excluding hydrogens is 301 g/mol. The lowest BCUT2D eigenvalue weighted by Gasteiger charge is -2.18. The summed E-state index contributed by atoms with van der Waals surface area (Å²) in [5.41, 5.74) is 4.78. The highest BCUT2D eigenvalue weighted by Crippen LogP contribution is 2.29. The van der Waals surface area contributed by atoms with Gasteiger partial charge in [0.05, 0.1) is 17.5 Å². The van der Waals surface area contributed by atoms with Crippen LogP contribution in [0, 0.1) is 0 Å². The highest BCUT2D eigenvalue weighted by molar-refractivity contribution is 5.80. The molecule has 2 aromatic rings. The monoisotopic (exact) mass is 320 g/mol. The van der Waals surface area contributed by atoms with Crippen LogP contribution in [0.15, 0.2) is 53.6 Å². The molecule has 0 aliphatic rings. The van der Waals surface area contributed by atoms with E-state index >= 15 is 0 Å². The molecule has 0 aromatic heterocycles. The van der Waals surface area contributed by atoms with Crippen LogP contribution in [0.5, 0.6) is 0 Å². The molecule has 0 bridgehead atoms. The Balaban J connectivity index is 1.99. The van der Waals surface area contributed by atoms with Crippen LogP contribution in [0.2, 0.25) is 0 Å². The van der Waals surface area contributed by atoms with Crippen molar-refractivity contribution >= 4 is 11.9 Å². The number of hydrogen-bond acceptors (Lipinski definition) is 2. The van der Waals surface area contributed by atoms with Crippen molar-refractivity contribution in [1.29, 1.82) is 0 Å². The molecule has 23 heavy (non-hydrogen) atoms. The number of nitrogens with zero attached hydrogens (tertiary/aromatic N) is 1. The van der Waals surface area contributed by atoms with Crippen LogP contribution < -0.4 is 5.43 Å². The van der Waals surface area contributed by atoms with Gasteiger partial charge in [0.15, 0.2) is 0 Å². The Labute approximate surface area is 134 Å². The lowest BCUT2D eigenvalue weighted by atomic mass is 9.87. The zero-order chi connectivity index (χ0) is 17.1. The summed E-state index contributed by atoms with van der Waals surface area (Å²) in [6.07, 6.45) is -2.69. The van der Waals surface area contributed by atoms with E-state index in [2.05, 4.69) is 31.3 Å². The van der Waals surface area contributed by atoms with Crippen molar-refractivity contribution < 1.29 is 13.2 Å². The molecule has 0 radical (unpaired) electrons. The summed E-state index contributed by atoms with van der Waals surface area (Å²) < 4.78 is 37.4.